The number of benzene rings is 2. The second-order valence-electron chi connectivity index (χ2n) is 8.22. The maximum Gasteiger partial charge on any atom is 0.417 e. The lowest BCUT2D eigenvalue weighted by atomic mass is 10.1. The molecule has 1 amide bonds. The smallest absolute Gasteiger partial charge is 0.417 e. The van der Waals surface area contributed by atoms with Crippen LogP contribution >= 0.6 is 11.6 Å². The monoisotopic (exact) mass is 538 g/mol. The highest BCUT2D eigenvalue weighted by Gasteiger charge is 2.32. The number of pyridine rings is 1. The molecule has 0 atom stereocenters. The molecule has 3 aromatic rings. The maximum absolute atomic E-state index is 14.2. The molecule has 4 rings (SSSR count). The summed E-state index contributed by atoms with van der Waals surface area (Å²) in [6, 6.07) is 7.81. The molecule has 1 fully saturated rings. The van der Waals surface area contributed by atoms with Crippen molar-refractivity contribution in [3.8, 4) is 11.6 Å². The summed E-state index contributed by atoms with van der Waals surface area (Å²) in [7, 11) is 0. The summed E-state index contributed by atoms with van der Waals surface area (Å²) >= 11 is 6.00. The van der Waals surface area contributed by atoms with Crippen molar-refractivity contribution in [2.45, 2.75) is 25.4 Å². The highest BCUT2D eigenvalue weighted by Crippen LogP contribution is 2.39. The minimum absolute atomic E-state index is 0.232. The number of nitro benzene ring substituents is 1. The number of carbonyl (C=O) groups excluding carboxylic acids is 1. The van der Waals surface area contributed by atoms with Gasteiger partial charge in [-0.25, -0.2) is 9.37 Å². The number of ether oxygens (including phenoxy) is 1. The van der Waals surface area contributed by atoms with Crippen molar-refractivity contribution in [3.05, 3.63) is 80.7 Å². The van der Waals surface area contributed by atoms with E-state index in [1.54, 1.807) is 6.07 Å². The quantitative estimate of drug-likeness (QED) is 0.210. The van der Waals surface area contributed by atoms with Gasteiger partial charge in [0.2, 0.25) is 5.88 Å². The number of alkyl halides is 3. The van der Waals surface area contributed by atoms with Crippen LogP contribution in [0.15, 0.2) is 48.7 Å². The number of carbonyl (C=O) groups is 1. The molecule has 2 aromatic carbocycles. The second-order valence-corrected chi connectivity index (χ2v) is 8.62. The van der Waals surface area contributed by atoms with Crippen molar-refractivity contribution >= 4 is 34.6 Å². The molecule has 0 aliphatic carbocycles. The predicted molar refractivity (Wildman–Crippen MR) is 128 cm³/mol. The number of piperidine rings is 1. The fraction of sp³-hybridized carbons (Fsp3) is 0.250. The van der Waals surface area contributed by atoms with Crippen LogP contribution in [0, 0.1) is 15.9 Å². The standard InChI is InChI=1S/C24H19ClF4N4O4/c25-18-10-14(24(27,28)29)13-30-23(18)37-21-7-4-15(11-20(21)32-8-2-1-3-9-32)31-22(34)17-12-16(33(35)36)5-6-19(17)26/h4-7,10-13H,1-3,8-9H2,(H,31,34). The van der Waals surface area contributed by atoms with Crippen molar-refractivity contribution in [1.82, 2.24) is 4.98 Å². The molecular weight excluding hydrogens is 520 g/mol. The topological polar surface area (TPSA) is 97.6 Å². The number of rotatable bonds is 6. The average molecular weight is 539 g/mol. The Balaban J connectivity index is 1.64. The molecule has 1 aliphatic rings. The van der Waals surface area contributed by atoms with Crippen LogP contribution in [0.4, 0.5) is 34.6 Å². The normalized spacial score (nSPS) is 13.8. The van der Waals surface area contributed by atoms with Gasteiger partial charge >= 0.3 is 6.18 Å². The molecule has 0 spiro atoms. The molecule has 194 valence electrons. The molecule has 37 heavy (non-hydrogen) atoms. The van der Waals surface area contributed by atoms with Crippen molar-refractivity contribution in [2.75, 3.05) is 23.3 Å². The number of halogens is 5. The summed E-state index contributed by atoms with van der Waals surface area (Å²) in [4.78, 5) is 28.6. The molecule has 1 aliphatic heterocycles. The first-order valence-corrected chi connectivity index (χ1v) is 11.5. The van der Waals surface area contributed by atoms with Crippen LogP contribution < -0.4 is 15.0 Å². The van der Waals surface area contributed by atoms with E-state index in [-0.39, 0.29) is 22.3 Å². The van der Waals surface area contributed by atoms with E-state index in [0.29, 0.717) is 31.0 Å². The molecule has 8 nitrogen and oxygen atoms in total. The lowest BCUT2D eigenvalue weighted by Gasteiger charge is -2.30. The van der Waals surface area contributed by atoms with Crippen LogP contribution in [0.1, 0.15) is 35.2 Å². The van der Waals surface area contributed by atoms with Crippen molar-refractivity contribution in [1.29, 1.82) is 0 Å². The molecule has 1 saturated heterocycles. The van der Waals surface area contributed by atoms with Crippen molar-refractivity contribution in [2.24, 2.45) is 0 Å². The summed E-state index contributed by atoms with van der Waals surface area (Å²) in [5, 5.41) is 13.2. The van der Waals surface area contributed by atoms with Gasteiger partial charge in [0.1, 0.15) is 10.8 Å². The fourth-order valence-corrected chi connectivity index (χ4v) is 4.03. The van der Waals surface area contributed by atoms with Crippen LogP contribution in [0.3, 0.4) is 0 Å². The Labute approximate surface area is 213 Å². The van der Waals surface area contributed by atoms with Gasteiger partial charge in [-0.3, -0.25) is 14.9 Å². The van der Waals surface area contributed by atoms with E-state index in [1.165, 1.54) is 12.1 Å². The molecule has 1 N–H and O–H groups in total. The summed E-state index contributed by atoms with van der Waals surface area (Å²) in [6.07, 6.45) is -1.22. The molecule has 1 aromatic heterocycles. The van der Waals surface area contributed by atoms with E-state index in [1.807, 2.05) is 4.90 Å². The summed E-state index contributed by atoms with van der Waals surface area (Å²) in [5.74, 6) is -1.83. The molecule has 0 bridgehead atoms. The lowest BCUT2D eigenvalue weighted by Crippen LogP contribution is -2.29. The average Bonchev–Trinajstić information content (AvgIpc) is 2.86. The Morgan fingerprint density at radius 2 is 1.84 bits per heavy atom. The lowest BCUT2D eigenvalue weighted by molar-refractivity contribution is -0.384. The number of nitrogens with one attached hydrogen (secondary N) is 1. The molecule has 0 saturated carbocycles. The van der Waals surface area contributed by atoms with Crippen LogP contribution in [0.5, 0.6) is 11.6 Å². The Hall–Kier alpha value is -3.93. The number of nitro groups is 1. The van der Waals surface area contributed by atoms with Gasteiger partial charge in [-0.1, -0.05) is 11.6 Å². The number of hydrogen-bond donors (Lipinski definition) is 1. The first-order valence-electron chi connectivity index (χ1n) is 11.1. The number of hydrogen-bond acceptors (Lipinski definition) is 6. The van der Waals surface area contributed by atoms with Crippen LogP contribution in [0.25, 0.3) is 0 Å². The van der Waals surface area contributed by atoms with Crippen molar-refractivity contribution in [3.63, 3.8) is 0 Å². The minimum atomic E-state index is -4.62. The number of non-ortho nitro benzene ring substituents is 1. The van der Waals surface area contributed by atoms with Gasteiger partial charge in [-0.15, -0.1) is 0 Å². The van der Waals surface area contributed by atoms with Gasteiger partial charge in [0.15, 0.2) is 5.75 Å². The van der Waals surface area contributed by atoms with Crippen LogP contribution in [-0.4, -0.2) is 28.9 Å². The van der Waals surface area contributed by atoms with Gasteiger partial charge in [-0.2, -0.15) is 13.2 Å². The van der Waals surface area contributed by atoms with Gasteiger partial charge in [0.25, 0.3) is 11.6 Å². The van der Waals surface area contributed by atoms with Gasteiger partial charge in [-0.05, 0) is 49.6 Å². The van der Waals surface area contributed by atoms with Gasteiger partial charge in [0.05, 0.1) is 21.7 Å². The van der Waals surface area contributed by atoms with Gasteiger partial charge in [0, 0.05) is 37.1 Å². The third-order valence-corrected chi connectivity index (χ3v) is 5.93. The zero-order valence-corrected chi connectivity index (χ0v) is 19.8. The number of aromatic nitrogens is 1. The molecule has 13 heteroatoms. The Kier molecular flexibility index (Phi) is 7.48. The van der Waals surface area contributed by atoms with Crippen LogP contribution in [-0.2, 0) is 6.18 Å². The molecule has 0 radical (unpaired) electrons. The highest BCUT2D eigenvalue weighted by molar-refractivity contribution is 6.31. The maximum atomic E-state index is 14.2. The largest absolute Gasteiger partial charge is 0.435 e. The SMILES string of the molecule is O=C(Nc1ccc(Oc2ncc(C(F)(F)F)cc2Cl)c(N2CCCCC2)c1)c1cc([N+](=O)[O-])ccc1F. The third kappa shape index (κ3) is 6.08. The Bertz CT molecular complexity index is 1350. The highest BCUT2D eigenvalue weighted by atomic mass is 35.5. The molecule has 0 unspecified atom stereocenters. The first kappa shape index (κ1) is 26.1. The van der Waals surface area contributed by atoms with Crippen molar-refractivity contribution < 1.29 is 32.0 Å². The van der Waals surface area contributed by atoms with E-state index < -0.39 is 39.6 Å². The number of amides is 1. The first-order chi connectivity index (χ1) is 17.5. The Morgan fingerprint density at radius 3 is 2.49 bits per heavy atom. The predicted octanol–water partition coefficient (Wildman–Crippen LogP) is 6.84. The minimum Gasteiger partial charge on any atom is -0.435 e. The summed E-state index contributed by atoms with van der Waals surface area (Å²) in [6.45, 7) is 1.31. The van der Waals surface area contributed by atoms with E-state index in [4.69, 9.17) is 16.3 Å². The summed E-state index contributed by atoms with van der Waals surface area (Å²) in [5.41, 5.74) is -1.21. The fourth-order valence-electron chi connectivity index (χ4n) is 3.82. The zero-order valence-electron chi connectivity index (χ0n) is 19.0. The van der Waals surface area contributed by atoms with Gasteiger partial charge < -0.3 is 15.0 Å². The van der Waals surface area contributed by atoms with Crippen LogP contribution in [0.2, 0.25) is 5.02 Å². The van der Waals surface area contributed by atoms with E-state index in [0.717, 1.165) is 37.5 Å². The third-order valence-electron chi connectivity index (χ3n) is 5.66. The second kappa shape index (κ2) is 10.6. The van der Waals surface area contributed by atoms with E-state index in [9.17, 15) is 32.5 Å². The molecular formula is C24H19ClF4N4O4. The molecule has 2 heterocycles. The zero-order chi connectivity index (χ0) is 26.7. The van der Waals surface area contributed by atoms with E-state index >= 15 is 0 Å². The van der Waals surface area contributed by atoms with E-state index in [2.05, 4.69) is 10.3 Å². The number of anilines is 2. The number of nitrogens with zero attached hydrogens (tertiary/aromatic N) is 3. The summed E-state index contributed by atoms with van der Waals surface area (Å²) < 4.78 is 58.8. The Morgan fingerprint density at radius 1 is 1.11 bits per heavy atom.